The number of unbranched alkanes of at least 4 members (excludes halogenated alkanes) is 1. The zero-order valence-corrected chi connectivity index (χ0v) is 17.7. The van der Waals surface area contributed by atoms with E-state index in [-0.39, 0.29) is 31.1 Å². The van der Waals surface area contributed by atoms with Crippen LogP contribution in [0.25, 0.3) is 0 Å². The van der Waals surface area contributed by atoms with Gasteiger partial charge < -0.3 is 23.9 Å². The number of carbonyl (C=O) groups is 2. The number of rotatable bonds is 12. The number of para-hydroxylation sites is 1. The zero-order chi connectivity index (χ0) is 22.9. The van der Waals surface area contributed by atoms with Crippen LogP contribution in [0.2, 0.25) is 0 Å². The van der Waals surface area contributed by atoms with Crippen molar-refractivity contribution in [1.82, 2.24) is 5.32 Å². The first-order valence-electron chi connectivity index (χ1n) is 10.2. The van der Waals surface area contributed by atoms with E-state index >= 15 is 0 Å². The van der Waals surface area contributed by atoms with Crippen molar-refractivity contribution < 1.29 is 42.3 Å². The van der Waals surface area contributed by atoms with Crippen molar-refractivity contribution in [2.24, 2.45) is 0 Å². The molecule has 0 bridgehead atoms. The van der Waals surface area contributed by atoms with Crippen LogP contribution >= 0.6 is 0 Å². The fourth-order valence-electron chi connectivity index (χ4n) is 2.87. The van der Waals surface area contributed by atoms with Gasteiger partial charge in [0.15, 0.2) is 0 Å². The summed E-state index contributed by atoms with van der Waals surface area (Å²) in [4.78, 5) is 23.8. The van der Waals surface area contributed by atoms with Gasteiger partial charge in [0.1, 0.15) is 11.3 Å². The molecule has 1 heterocycles. The van der Waals surface area contributed by atoms with E-state index in [0.717, 1.165) is 13.3 Å². The van der Waals surface area contributed by atoms with Gasteiger partial charge in [0.2, 0.25) is 12.7 Å². The Balaban J connectivity index is 1.86. The highest BCUT2D eigenvalue weighted by atomic mass is 19.3. The molecule has 0 spiro atoms. The summed E-state index contributed by atoms with van der Waals surface area (Å²) in [6.07, 6.45) is 1.71. The lowest BCUT2D eigenvalue weighted by molar-refractivity contribution is -0.152. The topological polar surface area (TPSA) is 103 Å². The first kappa shape index (κ1) is 25.0. The van der Waals surface area contributed by atoms with E-state index in [1.807, 2.05) is 6.92 Å². The molecule has 1 aliphatic rings. The van der Waals surface area contributed by atoms with Crippen LogP contribution in [-0.2, 0) is 25.4 Å². The zero-order valence-electron chi connectivity index (χ0n) is 17.7. The first-order valence-corrected chi connectivity index (χ1v) is 10.2. The maximum atomic E-state index is 12.8. The van der Waals surface area contributed by atoms with E-state index in [1.165, 1.54) is 6.07 Å². The molecule has 0 radical (unpaired) electrons. The Hall–Kier alpha value is -2.24. The van der Waals surface area contributed by atoms with Crippen molar-refractivity contribution in [2.45, 2.75) is 57.8 Å². The van der Waals surface area contributed by atoms with Crippen LogP contribution in [0, 0.1) is 0 Å². The molecular weight excluding hydrogens is 415 g/mol. The van der Waals surface area contributed by atoms with Crippen LogP contribution < -0.4 is 9.97 Å². The van der Waals surface area contributed by atoms with Gasteiger partial charge in [-0.05, 0) is 31.4 Å². The van der Waals surface area contributed by atoms with Gasteiger partial charge in [-0.3, -0.25) is 10.1 Å². The molecule has 0 aromatic heterocycles. The summed E-state index contributed by atoms with van der Waals surface area (Å²) < 4.78 is 46.0. The summed E-state index contributed by atoms with van der Waals surface area (Å²) in [6.45, 7) is 2.09. The standard InChI is InChI=1S/C20H28BF2NO7/c1-3-4-8-17(25)29-13-30-19(26)15-7-5-6-14-11-16(21(27)31-18(14)15)24-12-28-10-9-20(2,22)23/h5-7,16,24,27H,3-4,8-13H2,1-2H3/t16-/m0/s1. The average molecular weight is 443 g/mol. The van der Waals surface area contributed by atoms with Gasteiger partial charge in [-0.1, -0.05) is 25.5 Å². The Labute approximate surface area is 180 Å². The van der Waals surface area contributed by atoms with Crippen LogP contribution in [0.4, 0.5) is 8.78 Å². The van der Waals surface area contributed by atoms with Gasteiger partial charge in [-0.2, -0.15) is 0 Å². The predicted molar refractivity (Wildman–Crippen MR) is 108 cm³/mol. The highest BCUT2D eigenvalue weighted by Crippen LogP contribution is 2.30. The maximum Gasteiger partial charge on any atom is 0.541 e. The number of fused-ring (bicyclic) bond motifs is 1. The summed E-state index contributed by atoms with van der Waals surface area (Å²) >= 11 is 0. The quantitative estimate of drug-likeness (QED) is 0.220. The first-order chi connectivity index (χ1) is 14.7. The Kier molecular flexibility index (Phi) is 9.66. The largest absolute Gasteiger partial charge is 0.541 e. The normalized spacial score (nSPS) is 15.8. The molecular formula is C20H28BF2NO7. The Bertz CT molecular complexity index is 745. The third-order valence-electron chi connectivity index (χ3n) is 4.62. The lowest BCUT2D eigenvalue weighted by Gasteiger charge is -2.29. The minimum Gasteiger partial charge on any atom is -0.534 e. The van der Waals surface area contributed by atoms with Crippen molar-refractivity contribution in [1.29, 1.82) is 0 Å². The SMILES string of the molecule is CCCCC(=O)OCOC(=O)c1cccc2c1OB(O)[C@@H](NCOCCC(C)(F)F)C2. The number of nitrogens with one attached hydrogen (secondary N) is 1. The molecule has 1 atom stereocenters. The third-order valence-corrected chi connectivity index (χ3v) is 4.62. The number of hydrogen-bond donors (Lipinski definition) is 2. The fraction of sp³-hybridized carbons (Fsp3) is 0.600. The predicted octanol–water partition coefficient (Wildman–Crippen LogP) is 2.47. The second-order valence-corrected chi connectivity index (χ2v) is 7.36. The monoisotopic (exact) mass is 443 g/mol. The molecule has 172 valence electrons. The molecule has 0 fully saturated rings. The number of carbonyl (C=O) groups excluding carboxylic acids is 2. The van der Waals surface area contributed by atoms with E-state index in [1.54, 1.807) is 12.1 Å². The second-order valence-electron chi connectivity index (χ2n) is 7.36. The average Bonchev–Trinajstić information content (AvgIpc) is 2.71. The van der Waals surface area contributed by atoms with Crippen molar-refractivity contribution in [3.63, 3.8) is 0 Å². The molecule has 2 N–H and O–H groups in total. The highest BCUT2D eigenvalue weighted by Gasteiger charge is 2.36. The van der Waals surface area contributed by atoms with Gasteiger partial charge in [-0.25, -0.2) is 13.6 Å². The number of halogens is 2. The van der Waals surface area contributed by atoms with Crippen molar-refractivity contribution in [3.8, 4) is 5.75 Å². The molecule has 1 aromatic rings. The number of ether oxygens (including phenoxy) is 3. The molecule has 2 rings (SSSR count). The van der Waals surface area contributed by atoms with Gasteiger partial charge in [0.05, 0.1) is 19.3 Å². The molecule has 8 nitrogen and oxygen atoms in total. The molecule has 1 aromatic carbocycles. The summed E-state index contributed by atoms with van der Waals surface area (Å²) in [6, 6.07) is 4.85. The minimum atomic E-state index is -2.80. The highest BCUT2D eigenvalue weighted by molar-refractivity contribution is 6.46. The molecule has 0 aliphatic carbocycles. The van der Waals surface area contributed by atoms with Crippen LogP contribution in [-0.4, -0.2) is 56.1 Å². The molecule has 0 saturated heterocycles. The van der Waals surface area contributed by atoms with E-state index in [0.29, 0.717) is 18.4 Å². The van der Waals surface area contributed by atoms with E-state index in [9.17, 15) is 23.4 Å². The van der Waals surface area contributed by atoms with Crippen molar-refractivity contribution in [3.05, 3.63) is 29.3 Å². The van der Waals surface area contributed by atoms with Gasteiger partial charge in [0.25, 0.3) is 0 Å². The van der Waals surface area contributed by atoms with Crippen LogP contribution in [0.15, 0.2) is 18.2 Å². The summed E-state index contributed by atoms with van der Waals surface area (Å²) in [5, 5.41) is 13.2. The van der Waals surface area contributed by atoms with Crippen molar-refractivity contribution in [2.75, 3.05) is 20.1 Å². The van der Waals surface area contributed by atoms with Crippen LogP contribution in [0.5, 0.6) is 5.75 Å². The molecule has 11 heteroatoms. The Morgan fingerprint density at radius 3 is 2.84 bits per heavy atom. The lowest BCUT2D eigenvalue weighted by atomic mass is 9.72. The summed E-state index contributed by atoms with van der Waals surface area (Å²) in [5.74, 6) is -4.37. The van der Waals surface area contributed by atoms with Gasteiger partial charge >= 0.3 is 19.1 Å². The third kappa shape index (κ3) is 8.43. The van der Waals surface area contributed by atoms with Gasteiger partial charge in [-0.15, -0.1) is 0 Å². The number of alkyl halides is 2. The lowest BCUT2D eigenvalue weighted by Crippen LogP contribution is -2.52. The van der Waals surface area contributed by atoms with E-state index in [2.05, 4.69) is 5.32 Å². The van der Waals surface area contributed by atoms with Crippen LogP contribution in [0.3, 0.4) is 0 Å². The summed E-state index contributed by atoms with van der Waals surface area (Å²) in [7, 11) is -1.29. The Morgan fingerprint density at radius 1 is 1.35 bits per heavy atom. The van der Waals surface area contributed by atoms with Crippen LogP contribution in [0.1, 0.15) is 55.5 Å². The molecule has 0 unspecified atom stereocenters. The number of esters is 2. The second kappa shape index (κ2) is 12.0. The van der Waals surface area contributed by atoms with Gasteiger partial charge in [0, 0.05) is 12.8 Å². The summed E-state index contributed by atoms with van der Waals surface area (Å²) in [5.41, 5.74) is 0.748. The smallest absolute Gasteiger partial charge is 0.534 e. The molecule has 31 heavy (non-hydrogen) atoms. The molecule has 1 aliphatic heterocycles. The molecule has 0 amide bonds. The molecule has 0 saturated carbocycles. The Morgan fingerprint density at radius 2 is 2.13 bits per heavy atom. The number of hydrogen-bond acceptors (Lipinski definition) is 8. The fourth-order valence-corrected chi connectivity index (χ4v) is 2.87. The van der Waals surface area contributed by atoms with E-state index < -0.39 is 44.1 Å². The minimum absolute atomic E-state index is 0.0400. The van der Waals surface area contributed by atoms with Crippen molar-refractivity contribution >= 4 is 19.1 Å². The number of benzene rings is 1. The maximum absolute atomic E-state index is 12.8. The van der Waals surface area contributed by atoms with E-state index in [4.69, 9.17) is 18.9 Å².